The topological polar surface area (TPSA) is 117 Å². The van der Waals surface area contributed by atoms with Gasteiger partial charge in [-0.05, 0) is 45.4 Å². The van der Waals surface area contributed by atoms with Gasteiger partial charge >= 0.3 is 6.09 Å². The van der Waals surface area contributed by atoms with Gasteiger partial charge in [-0.15, -0.1) is 6.58 Å². The number of likely N-dealkylation sites (tertiary alicyclic amines) is 1. The molecule has 9 heteroatoms. The fourth-order valence-electron chi connectivity index (χ4n) is 4.10. The highest BCUT2D eigenvalue weighted by Crippen LogP contribution is 2.44. The molecule has 32 heavy (non-hydrogen) atoms. The molecule has 1 heterocycles. The van der Waals surface area contributed by atoms with Crippen molar-refractivity contribution < 1.29 is 23.9 Å². The van der Waals surface area contributed by atoms with Gasteiger partial charge in [0, 0.05) is 19.5 Å². The van der Waals surface area contributed by atoms with E-state index < -0.39 is 34.7 Å². The van der Waals surface area contributed by atoms with Crippen molar-refractivity contribution in [1.82, 2.24) is 20.9 Å². The third-order valence-electron chi connectivity index (χ3n) is 5.89. The first-order chi connectivity index (χ1) is 14.7. The second kappa shape index (κ2) is 9.11. The second-order valence-corrected chi connectivity index (χ2v) is 10.7. The molecule has 1 aliphatic heterocycles. The minimum atomic E-state index is -1.01. The number of carbonyl (C=O) groups is 4. The molecular formula is C23H38N4O5. The fraction of sp³-hybridized carbons (Fsp3) is 0.739. The molecule has 3 N–H and O–H groups in total. The normalized spacial score (nSPS) is 26.0. The first kappa shape index (κ1) is 25.7. The van der Waals surface area contributed by atoms with Crippen LogP contribution in [0.3, 0.4) is 0 Å². The summed E-state index contributed by atoms with van der Waals surface area (Å²) >= 11 is 0. The van der Waals surface area contributed by atoms with Gasteiger partial charge in [0.05, 0.1) is 0 Å². The van der Waals surface area contributed by atoms with Gasteiger partial charge in [0.15, 0.2) is 0 Å². The van der Waals surface area contributed by atoms with Crippen molar-refractivity contribution in [3.05, 3.63) is 12.7 Å². The van der Waals surface area contributed by atoms with E-state index in [2.05, 4.69) is 22.5 Å². The van der Waals surface area contributed by atoms with Crippen LogP contribution in [0.5, 0.6) is 0 Å². The Kier molecular flexibility index (Phi) is 7.31. The van der Waals surface area contributed by atoms with E-state index in [1.807, 2.05) is 20.8 Å². The molecule has 2 fully saturated rings. The predicted octanol–water partition coefficient (Wildman–Crippen LogP) is 1.72. The molecule has 0 aromatic carbocycles. The van der Waals surface area contributed by atoms with Gasteiger partial charge in [-0.3, -0.25) is 14.4 Å². The summed E-state index contributed by atoms with van der Waals surface area (Å²) < 4.78 is 5.33. The molecule has 4 amide bonds. The lowest BCUT2D eigenvalue weighted by atomic mass is 9.85. The lowest BCUT2D eigenvalue weighted by Crippen LogP contribution is -2.60. The quantitative estimate of drug-likeness (QED) is 0.533. The summed E-state index contributed by atoms with van der Waals surface area (Å²) in [7, 11) is 1.52. The zero-order valence-corrected chi connectivity index (χ0v) is 20.3. The van der Waals surface area contributed by atoms with Crippen molar-refractivity contribution >= 4 is 23.8 Å². The number of ether oxygens (including phenoxy) is 1. The Balaban J connectivity index is 2.18. The molecule has 9 nitrogen and oxygen atoms in total. The number of rotatable bonds is 6. The van der Waals surface area contributed by atoms with E-state index >= 15 is 0 Å². The first-order valence-corrected chi connectivity index (χ1v) is 11.1. The highest BCUT2D eigenvalue weighted by Gasteiger charge is 2.60. The van der Waals surface area contributed by atoms with E-state index in [1.54, 1.807) is 26.8 Å². The van der Waals surface area contributed by atoms with E-state index in [4.69, 9.17) is 4.74 Å². The molecule has 0 radical (unpaired) electrons. The zero-order valence-electron chi connectivity index (χ0n) is 20.3. The minimum absolute atomic E-state index is 0.145. The summed E-state index contributed by atoms with van der Waals surface area (Å²) in [6, 6.07) is -1.58. The standard InChI is InChI=1S/C23H38N4O5/c1-9-14-13-23(14,19(30)24-8)26-17(28)15-11-10-12-27(15)18(29)16(21(2,3)4)25-20(31)32-22(5,6)7/h9,14-16H,1,10-13H2,2-8H3,(H,24,30)(H,25,31)(H,26,28)/t14-,15+,16-,23-/m1/s1. The highest BCUT2D eigenvalue weighted by atomic mass is 16.6. The summed E-state index contributed by atoms with van der Waals surface area (Å²) in [5, 5.41) is 8.16. The van der Waals surface area contributed by atoms with E-state index in [0.717, 1.165) is 0 Å². The van der Waals surface area contributed by atoms with Crippen molar-refractivity contribution in [2.75, 3.05) is 13.6 Å². The van der Waals surface area contributed by atoms with E-state index in [1.165, 1.54) is 11.9 Å². The third kappa shape index (κ3) is 5.61. The van der Waals surface area contributed by atoms with Gasteiger partial charge in [-0.1, -0.05) is 26.8 Å². The van der Waals surface area contributed by atoms with E-state index in [-0.39, 0.29) is 23.6 Å². The smallest absolute Gasteiger partial charge is 0.408 e. The lowest BCUT2D eigenvalue weighted by molar-refractivity contribution is -0.143. The van der Waals surface area contributed by atoms with Crippen LogP contribution in [0, 0.1) is 11.3 Å². The van der Waals surface area contributed by atoms with Crippen LogP contribution >= 0.6 is 0 Å². The number of hydrogen-bond donors (Lipinski definition) is 3. The second-order valence-electron chi connectivity index (χ2n) is 10.7. The maximum atomic E-state index is 13.5. The molecule has 0 aromatic rings. The van der Waals surface area contributed by atoms with Crippen molar-refractivity contribution in [2.24, 2.45) is 11.3 Å². The van der Waals surface area contributed by atoms with Crippen molar-refractivity contribution in [3.63, 3.8) is 0 Å². The van der Waals surface area contributed by atoms with Crippen LogP contribution in [0.25, 0.3) is 0 Å². The summed E-state index contributed by atoms with van der Waals surface area (Å²) in [4.78, 5) is 52.9. The molecule has 0 unspecified atom stereocenters. The van der Waals surface area contributed by atoms with Gasteiger partial charge in [0.2, 0.25) is 17.7 Å². The van der Waals surface area contributed by atoms with Crippen LogP contribution in [0.4, 0.5) is 4.79 Å². The predicted molar refractivity (Wildman–Crippen MR) is 121 cm³/mol. The Labute approximate surface area is 190 Å². The average molecular weight is 451 g/mol. The van der Waals surface area contributed by atoms with Crippen LogP contribution in [0.1, 0.15) is 60.8 Å². The number of nitrogens with zero attached hydrogens (tertiary/aromatic N) is 1. The average Bonchev–Trinajstić information content (AvgIpc) is 3.15. The van der Waals surface area contributed by atoms with Crippen molar-refractivity contribution in [2.45, 2.75) is 84.0 Å². The highest BCUT2D eigenvalue weighted by molar-refractivity contribution is 5.98. The fourth-order valence-corrected chi connectivity index (χ4v) is 4.10. The molecule has 0 spiro atoms. The van der Waals surface area contributed by atoms with Crippen LogP contribution < -0.4 is 16.0 Å². The maximum Gasteiger partial charge on any atom is 0.408 e. The number of alkyl carbamates (subject to hydrolysis) is 1. The molecule has 1 saturated carbocycles. The molecule has 2 aliphatic rings. The number of nitrogens with one attached hydrogen (secondary N) is 3. The van der Waals surface area contributed by atoms with Crippen molar-refractivity contribution in [3.8, 4) is 0 Å². The molecule has 180 valence electrons. The Bertz CT molecular complexity index is 782. The summed E-state index contributed by atoms with van der Waals surface area (Å²) in [6.07, 6.45) is 2.60. The number of carbonyl (C=O) groups excluding carboxylic acids is 4. The Morgan fingerprint density at radius 2 is 1.78 bits per heavy atom. The van der Waals surface area contributed by atoms with Gasteiger partial charge in [-0.25, -0.2) is 4.79 Å². The number of hydrogen-bond acceptors (Lipinski definition) is 5. The number of amides is 4. The van der Waals surface area contributed by atoms with Gasteiger partial charge in [0.25, 0.3) is 0 Å². The SMILES string of the molecule is C=C[C@@H]1C[C@]1(NC(=O)[C@@H]1CCCN1C(=O)[C@@H](NC(=O)OC(C)(C)C)C(C)(C)C)C(=O)NC. The molecule has 0 aromatic heterocycles. The summed E-state index contributed by atoms with van der Waals surface area (Å²) in [5.41, 5.74) is -2.32. The largest absolute Gasteiger partial charge is 0.444 e. The summed E-state index contributed by atoms with van der Waals surface area (Å²) in [5.74, 6) is -1.13. The van der Waals surface area contributed by atoms with Gasteiger partial charge in [0.1, 0.15) is 23.2 Å². The molecule has 4 atom stereocenters. The van der Waals surface area contributed by atoms with Crippen LogP contribution in [0.15, 0.2) is 12.7 Å². The van der Waals surface area contributed by atoms with Gasteiger partial charge < -0.3 is 25.6 Å². The monoisotopic (exact) mass is 450 g/mol. The van der Waals surface area contributed by atoms with Gasteiger partial charge in [-0.2, -0.15) is 0 Å². The Morgan fingerprint density at radius 1 is 1.16 bits per heavy atom. The maximum absolute atomic E-state index is 13.5. The lowest BCUT2D eigenvalue weighted by Gasteiger charge is -2.36. The van der Waals surface area contributed by atoms with Crippen LogP contribution in [-0.4, -0.2) is 65.5 Å². The van der Waals surface area contributed by atoms with Crippen LogP contribution in [-0.2, 0) is 19.1 Å². The zero-order chi connectivity index (χ0) is 24.5. The van der Waals surface area contributed by atoms with Crippen molar-refractivity contribution in [1.29, 1.82) is 0 Å². The molecular weight excluding hydrogens is 412 g/mol. The Morgan fingerprint density at radius 3 is 2.25 bits per heavy atom. The first-order valence-electron chi connectivity index (χ1n) is 11.1. The molecule has 1 saturated heterocycles. The van der Waals surface area contributed by atoms with Crippen LogP contribution in [0.2, 0.25) is 0 Å². The Hall–Kier alpha value is -2.58. The summed E-state index contributed by atoms with van der Waals surface area (Å²) in [6.45, 7) is 14.9. The molecule has 0 bridgehead atoms. The molecule has 2 rings (SSSR count). The minimum Gasteiger partial charge on any atom is -0.444 e. The third-order valence-corrected chi connectivity index (χ3v) is 5.89. The van der Waals surface area contributed by atoms with E-state index in [0.29, 0.717) is 25.8 Å². The molecule has 1 aliphatic carbocycles. The number of likely N-dealkylation sites (N-methyl/N-ethyl adjacent to an activating group) is 1. The van der Waals surface area contributed by atoms with E-state index in [9.17, 15) is 19.2 Å².